The van der Waals surface area contributed by atoms with E-state index in [-0.39, 0.29) is 17.0 Å². The Morgan fingerprint density at radius 2 is 1.92 bits per heavy atom. The summed E-state index contributed by atoms with van der Waals surface area (Å²) in [7, 11) is -3.75. The van der Waals surface area contributed by atoms with Gasteiger partial charge in [-0.25, -0.2) is 17.9 Å². The molecule has 0 aliphatic carbocycles. The van der Waals surface area contributed by atoms with E-state index >= 15 is 0 Å². The number of amides is 1. The van der Waals surface area contributed by atoms with Crippen LogP contribution in [-0.4, -0.2) is 26.4 Å². The number of primary amides is 1. The second-order valence-corrected chi connectivity index (χ2v) is 6.65. The third kappa shape index (κ3) is 4.43. The number of sulfonamides is 1. The third-order valence-electron chi connectivity index (χ3n) is 3.10. The molecule has 1 aromatic carbocycles. The molecule has 0 unspecified atom stereocenters. The van der Waals surface area contributed by atoms with Gasteiger partial charge in [0.2, 0.25) is 10.0 Å². The summed E-state index contributed by atoms with van der Waals surface area (Å²) in [5, 5.41) is 0. The molecule has 128 valence electrons. The molecule has 2 rings (SSSR count). The van der Waals surface area contributed by atoms with Gasteiger partial charge in [0, 0.05) is 0 Å². The highest BCUT2D eigenvalue weighted by atomic mass is 32.2. The maximum Gasteiger partial charge on any atom is 0.338 e. The molecule has 0 aliphatic rings. The van der Waals surface area contributed by atoms with Crippen LogP contribution in [-0.2, 0) is 26.1 Å². The lowest BCUT2D eigenvalue weighted by Gasteiger charge is -2.10. The maximum atomic E-state index is 12.1. The van der Waals surface area contributed by atoms with Crippen LogP contribution in [0.5, 0.6) is 0 Å². The summed E-state index contributed by atoms with van der Waals surface area (Å²) in [6, 6.07) is 8.39. The van der Waals surface area contributed by atoms with E-state index in [2.05, 4.69) is 4.72 Å². The highest BCUT2D eigenvalue weighted by Crippen LogP contribution is 2.13. The fourth-order valence-corrected chi connectivity index (χ4v) is 2.71. The summed E-state index contributed by atoms with van der Waals surface area (Å²) < 4.78 is 36.5. The first-order chi connectivity index (χ1) is 11.3. The largest absolute Gasteiger partial charge is 0.468 e. The van der Waals surface area contributed by atoms with E-state index in [1.807, 2.05) is 0 Å². The van der Waals surface area contributed by atoms with Crippen molar-refractivity contribution >= 4 is 21.9 Å². The average Bonchev–Trinajstić information content (AvgIpc) is 3.06. The van der Waals surface area contributed by atoms with Crippen molar-refractivity contribution in [3.63, 3.8) is 0 Å². The molecular weight excluding hydrogens is 336 g/mol. The predicted octanol–water partition coefficient (Wildman–Crippen LogP) is 0.789. The van der Waals surface area contributed by atoms with E-state index in [4.69, 9.17) is 14.9 Å². The van der Waals surface area contributed by atoms with Crippen LogP contribution in [0.15, 0.2) is 52.0 Å². The molecule has 0 aliphatic heterocycles. The molecule has 8 nitrogen and oxygen atoms in total. The van der Waals surface area contributed by atoms with Gasteiger partial charge in [-0.05, 0) is 43.3 Å². The number of esters is 1. The Hall–Kier alpha value is -2.65. The van der Waals surface area contributed by atoms with Gasteiger partial charge in [0.15, 0.2) is 6.10 Å². The van der Waals surface area contributed by atoms with Crippen molar-refractivity contribution in [2.75, 3.05) is 0 Å². The van der Waals surface area contributed by atoms with Crippen LogP contribution in [0.1, 0.15) is 23.0 Å². The SMILES string of the molecule is C[C@H](OC(=O)c1ccc(S(=O)(=O)NCc2ccco2)cc1)C(N)=O. The summed E-state index contributed by atoms with van der Waals surface area (Å²) >= 11 is 0. The van der Waals surface area contributed by atoms with Gasteiger partial charge in [-0.2, -0.15) is 0 Å². The van der Waals surface area contributed by atoms with Crippen molar-refractivity contribution in [2.45, 2.75) is 24.5 Å². The lowest BCUT2D eigenvalue weighted by molar-refractivity contribution is -0.125. The molecule has 1 atom stereocenters. The Morgan fingerprint density at radius 1 is 1.25 bits per heavy atom. The van der Waals surface area contributed by atoms with Gasteiger partial charge < -0.3 is 14.9 Å². The molecule has 3 N–H and O–H groups in total. The van der Waals surface area contributed by atoms with Crippen LogP contribution in [0.25, 0.3) is 0 Å². The summed E-state index contributed by atoms with van der Waals surface area (Å²) in [6.45, 7) is 1.35. The topological polar surface area (TPSA) is 129 Å². The molecule has 0 saturated carbocycles. The molecule has 0 spiro atoms. The number of hydrogen-bond acceptors (Lipinski definition) is 6. The van der Waals surface area contributed by atoms with Crippen molar-refractivity contribution in [3.05, 3.63) is 54.0 Å². The molecule has 0 bridgehead atoms. The van der Waals surface area contributed by atoms with Crippen LogP contribution in [0.2, 0.25) is 0 Å². The number of hydrogen-bond donors (Lipinski definition) is 2. The quantitative estimate of drug-likeness (QED) is 0.709. The molecule has 1 heterocycles. The summed E-state index contributed by atoms with van der Waals surface area (Å²) in [5.74, 6) is -1.07. The van der Waals surface area contributed by atoms with Crippen molar-refractivity contribution in [2.24, 2.45) is 5.73 Å². The minimum atomic E-state index is -3.75. The van der Waals surface area contributed by atoms with E-state index in [0.717, 1.165) is 0 Å². The molecule has 2 aromatic rings. The summed E-state index contributed by atoms with van der Waals surface area (Å²) in [6.07, 6.45) is 0.368. The molecular formula is C15H16N2O6S. The van der Waals surface area contributed by atoms with Crippen molar-refractivity contribution in [3.8, 4) is 0 Å². The third-order valence-corrected chi connectivity index (χ3v) is 4.52. The van der Waals surface area contributed by atoms with Gasteiger partial charge in [0.1, 0.15) is 5.76 Å². The smallest absolute Gasteiger partial charge is 0.338 e. The minimum absolute atomic E-state index is 0.00918. The number of rotatable bonds is 7. The first-order valence-electron chi connectivity index (χ1n) is 6.92. The molecule has 1 aromatic heterocycles. The van der Waals surface area contributed by atoms with Crippen LogP contribution < -0.4 is 10.5 Å². The van der Waals surface area contributed by atoms with E-state index < -0.39 is 28.0 Å². The number of nitrogens with two attached hydrogens (primary N) is 1. The number of furan rings is 1. The Labute approximate surface area is 138 Å². The number of ether oxygens (including phenoxy) is 1. The Bertz CT molecular complexity index is 812. The Kier molecular flexibility index (Phi) is 5.37. The van der Waals surface area contributed by atoms with Crippen LogP contribution in [0, 0.1) is 0 Å². The lowest BCUT2D eigenvalue weighted by atomic mass is 10.2. The zero-order valence-electron chi connectivity index (χ0n) is 12.8. The maximum absolute atomic E-state index is 12.1. The number of carbonyl (C=O) groups is 2. The summed E-state index contributed by atoms with van der Waals surface area (Å²) in [5.41, 5.74) is 5.11. The van der Waals surface area contributed by atoms with Gasteiger partial charge >= 0.3 is 5.97 Å². The number of nitrogens with one attached hydrogen (secondary N) is 1. The van der Waals surface area contributed by atoms with E-state index in [0.29, 0.717) is 5.76 Å². The molecule has 1 amide bonds. The highest BCUT2D eigenvalue weighted by molar-refractivity contribution is 7.89. The van der Waals surface area contributed by atoms with Crippen LogP contribution in [0.4, 0.5) is 0 Å². The average molecular weight is 352 g/mol. The van der Waals surface area contributed by atoms with Gasteiger partial charge in [0.05, 0.1) is 23.3 Å². The van der Waals surface area contributed by atoms with Crippen molar-refractivity contribution in [1.82, 2.24) is 4.72 Å². The minimum Gasteiger partial charge on any atom is -0.468 e. The van der Waals surface area contributed by atoms with Crippen LogP contribution >= 0.6 is 0 Å². The normalized spacial score (nSPS) is 12.5. The second-order valence-electron chi connectivity index (χ2n) is 4.88. The fourth-order valence-electron chi connectivity index (χ4n) is 1.72. The first kappa shape index (κ1) is 17.7. The van der Waals surface area contributed by atoms with Crippen molar-refractivity contribution < 1.29 is 27.2 Å². The van der Waals surface area contributed by atoms with E-state index in [1.165, 1.54) is 37.5 Å². The van der Waals surface area contributed by atoms with Gasteiger partial charge in [-0.3, -0.25) is 4.79 Å². The predicted molar refractivity (Wildman–Crippen MR) is 83.2 cm³/mol. The van der Waals surface area contributed by atoms with Gasteiger partial charge in [-0.15, -0.1) is 0 Å². The van der Waals surface area contributed by atoms with Gasteiger partial charge in [-0.1, -0.05) is 0 Å². The Balaban J connectivity index is 2.05. The lowest BCUT2D eigenvalue weighted by Crippen LogP contribution is -2.30. The zero-order valence-corrected chi connectivity index (χ0v) is 13.6. The first-order valence-corrected chi connectivity index (χ1v) is 8.40. The van der Waals surface area contributed by atoms with E-state index in [1.54, 1.807) is 12.1 Å². The van der Waals surface area contributed by atoms with Gasteiger partial charge in [0.25, 0.3) is 5.91 Å². The Morgan fingerprint density at radius 3 is 2.46 bits per heavy atom. The standard InChI is InChI=1S/C15H16N2O6S/c1-10(14(16)18)23-15(19)11-4-6-13(7-5-11)24(20,21)17-9-12-3-2-8-22-12/h2-8,10,17H,9H2,1H3,(H2,16,18)/t10-/m0/s1. The monoisotopic (exact) mass is 352 g/mol. The van der Waals surface area contributed by atoms with Crippen LogP contribution in [0.3, 0.4) is 0 Å². The number of benzene rings is 1. The second kappa shape index (κ2) is 7.28. The molecule has 0 radical (unpaired) electrons. The summed E-state index contributed by atoms with van der Waals surface area (Å²) in [4.78, 5) is 22.6. The number of carbonyl (C=O) groups excluding carboxylic acids is 2. The zero-order chi connectivity index (χ0) is 17.7. The molecule has 0 saturated heterocycles. The van der Waals surface area contributed by atoms with E-state index in [9.17, 15) is 18.0 Å². The molecule has 9 heteroatoms. The van der Waals surface area contributed by atoms with Crippen molar-refractivity contribution in [1.29, 1.82) is 0 Å². The molecule has 0 fully saturated rings. The fraction of sp³-hybridized carbons (Fsp3) is 0.200. The highest BCUT2D eigenvalue weighted by Gasteiger charge is 2.18. The molecule has 24 heavy (non-hydrogen) atoms.